The highest BCUT2D eigenvalue weighted by Gasteiger charge is 2.06. The number of amides is 2. The van der Waals surface area contributed by atoms with Crippen molar-refractivity contribution in [1.29, 1.82) is 0 Å². The third kappa shape index (κ3) is 2.84. The molecule has 0 aliphatic carbocycles. The first kappa shape index (κ1) is 13.1. The van der Waals surface area contributed by atoms with Gasteiger partial charge in [0.2, 0.25) is 0 Å². The molecule has 0 fully saturated rings. The molecular formula is C15H15N5O. The number of carbonyl (C=O) groups excluding carboxylic acids is 1. The Morgan fingerprint density at radius 3 is 2.81 bits per heavy atom. The van der Waals surface area contributed by atoms with Crippen molar-refractivity contribution in [2.75, 3.05) is 10.6 Å². The Labute approximate surface area is 121 Å². The minimum Gasteiger partial charge on any atom is -0.307 e. The number of urea groups is 1. The molecule has 2 aromatic heterocycles. The molecule has 0 spiro atoms. The van der Waals surface area contributed by atoms with Gasteiger partial charge in [0.25, 0.3) is 0 Å². The second-order valence-electron chi connectivity index (χ2n) is 4.91. The number of rotatable bonds is 2. The van der Waals surface area contributed by atoms with Crippen LogP contribution in [0.3, 0.4) is 0 Å². The van der Waals surface area contributed by atoms with Gasteiger partial charge in [0.05, 0.1) is 5.69 Å². The fraction of sp³-hybridized carbons (Fsp3) is 0.133. The second-order valence-corrected chi connectivity index (χ2v) is 4.91. The van der Waals surface area contributed by atoms with Crippen LogP contribution in [0.25, 0.3) is 5.65 Å². The second kappa shape index (κ2) is 5.24. The Bertz CT molecular complexity index is 809. The smallest absolute Gasteiger partial charge is 0.307 e. The molecule has 6 nitrogen and oxygen atoms in total. The van der Waals surface area contributed by atoms with Gasteiger partial charge in [-0.3, -0.25) is 4.40 Å². The fourth-order valence-electron chi connectivity index (χ4n) is 2.14. The summed E-state index contributed by atoms with van der Waals surface area (Å²) in [5, 5.41) is 13.3. The molecule has 0 saturated heterocycles. The summed E-state index contributed by atoms with van der Waals surface area (Å²) in [7, 11) is 0. The third-order valence-electron chi connectivity index (χ3n) is 3.18. The molecular weight excluding hydrogens is 266 g/mol. The summed E-state index contributed by atoms with van der Waals surface area (Å²) in [4.78, 5) is 12.0. The summed E-state index contributed by atoms with van der Waals surface area (Å²) in [5.74, 6) is 0. The molecule has 0 bridgehead atoms. The van der Waals surface area contributed by atoms with E-state index in [1.54, 1.807) is 29.1 Å². The summed E-state index contributed by atoms with van der Waals surface area (Å²) in [6, 6.07) is 9.18. The number of carbonyl (C=O) groups is 1. The van der Waals surface area contributed by atoms with Crippen LogP contribution in [0.2, 0.25) is 0 Å². The highest BCUT2D eigenvalue weighted by molar-refractivity contribution is 6.00. The molecule has 6 heteroatoms. The lowest BCUT2D eigenvalue weighted by Gasteiger charge is -2.10. The molecule has 0 unspecified atom stereocenters. The molecule has 2 amide bonds. The summed E-state index contributed by atoms with van der Waals surface area (Å²) >= 11 is 0. The number of nitrogens with zero attached hydrogens (tertiary/aromatic N) is 3. The minimum atomic E-state index is -0.283. The van der Waals surface area contributed by atoms with Crippen molar-refractivity contribution < 1.29 is 4.79 Å². The van der Waals surface area contributed by atoms with Gasteiger partial charge in [-0.1, -0.05) is 17.7 Å². The van der Waals surface area contributed by atoms with Crippen LogP contribution in [0.1, 0.15) is 11.1 Å². The maximum absolute atomic E-state index is 12.0. The Morgan fingerprint density at radius 2 is 2.00 bits per heavy atom. The lowest BCUT2D eigenvalue weighted by atomic mass is 10.1. The van der Waals surface area contributed by atoms with Gasteiger partial charge in [0, 0.05) is 11.9 Å². The van der Waals surface area contributed by atoms with Gasteiger partial charge in [-0.25, -0.2) is 4.79 Å². The van der Waals surface area contributed by atoms with Crippen molar-refractivity contribution >= 4 is 23.1 Å². The molecule has 21 heavy (non-hydrogen) atoms. The van der Waals surface area contributed by atoms with E-state index >= 15 is 0 Å². The van der Waals surface area contributed by atoms with Gasteiger partial charge in [-0.05, 0) is 37.6 Å². The number of hydrogen-bond donors (Lipinski definition) is 2. The topological polar surface area (TPSA) is 71.3 Å². The van der Waals surface area contributed by atoms with Crippen LogP contribution in [0.15, 0.2) is 42.9 Å². The van der Waals surface area contributed by atoms with Crippen LogP contribution in [0, 0.1) is 13.8 Å². The molecule has 3 aromatic rings. The number of aromatic nitrogens is 3. The van der Waals surface area contributed by atoms with Crippen molar-refractivity contribution in [2.45, 2.75) is 13.8 Å². The lowest BCUT2D eigenvalue weighted by Crippen LogP contribution is -2.20. The summed E-state index contributed by atoms with van der Waals surface area (Å²) < 4.78 is 1.74. The van der Waals surface area contributed by atoms with Crippen molar-refractivity contribution in [3.05, 3.63) is 54.0 Å². The zero-order valence-corrected chi connectivity index (χ0v) is 11.8. The van der Waals surface area contributed by atoms with Crippen LogP contribution in [0.5, 0.6) is 0 Å². The van der Waals surface area contributed by atoms with Gasteiger partial charge in [-0.2, -0.15) is 0 Å². The number of aryl methyl sites for hydroxylation is 2. The van der Waals surface area contributed by atoms with E-state index in [1.165, 1.54) is 0 Å². The van der Waals surface area contributed by atoms with Gasteiger partial charge >= 0.3 is 6.03 Å². The van der Waals surface area contributed by atoms with Gasteiger partial charge < -0.3 is 10.6 Å². The summed E-state index contributed by atoms with van der Waals surface area (Å²) in [6.07, 6.45) is 3.35. The van der Waals surface area contributed by atoms with Gasteiger partial charge in [0.15, 0.2) is 5.65 Å². The van der Waals surface area contributed by atoms with Gasteiger partial charge in [0.1, 0.15) is 6.33 Å². The van der Waals surface area contributed by atoms with Gasteiger partial charge in [-0.15, -0.1) is 10.2 Å². The molecule has 0 radical (unpaired) electrons. The van der Waals surface area contributed by atoms with Crippen molar-refractivity contribution in [1.82, 2.24) is 14.6 Å². The van der Waals surface area contributed by atoms with Crippen LogP contribution in [0.4, 0.5) is 16.2 Å². The van der Waals surface area contributed by atoms with Crippen molar-refractivity contribution in [3.8, 4) is 0 Å². The number of nitrogens with one attached hydrogen (secondary N) is 2. The summed E-state index contributed by atoms with van der Waals surface area (Å²) in [5.41, 5.74) is 4.39. The zero-order valence-electron chi connectivity index (χ0n) is 11.8. The number of fused-ring (bicyclic) bond motifs is 1. The molecule has 0 saturated carbocycles. The average Bonchev–Trinajstić information content (AvgIpc) is 2.89. The SMILES string of the molecule is Cc1ccc(NC(=O)Nc2ccc3nncn3c2)c(C)c1. The minimum absolute atomic E-state index is 0.283. The van der Waals surface area contributed by atoms with E-state index in [9.17, 15) is 4.79 Å². The molecule has 1 aromatic carbocycles. The standard InChI is InChI=1S/C15H15N5O/c1-10-3-5-13(11(2)7-10)18-15(21)17-12-4-6-14-19-16-9-20(14)8-12/h3-9H,1-2H3,(H2,17,18,21). The van der Waals surface area contributed by atoms with Crippen LogP contribution >= 0.6 is 0 Å². The third-order valence-corrected chi connectivity index (χ3v) is 3.18. The number of anilines is 2. The number of hydrogen-bond acceptors (Lipinski definition) is 3. The van der Waals surface area contributed by atoms with E-state index < -0.39 is 0 Å². The first-order valence-electron chi connectivity index (χ1n) is 6.56. The molecule has 0 aliphatic rings. The number of pyridine rings is 1. The molecule has 2 heterocycles. The Balaban J connectivity index is 1.73. The predicted molar refractivity (Wildman–Crippen MR) is 81.5 cm³/mol. The first-order chi connectivity index (χ1) is 10.1. The molecule has 0 atom stereocenters. The van der Waals surface area contributed by atoms with E-state index in [-0.39, 0.29) is 6.03 Å². The van der Waals surface area contributed by atoms with Crippen LogP contribution < -0.4 is 10.6 Å². The highest BCUT2D eigenvalue weighted by Crippen LogP contribution is 2.16. The monoisotopic (exact) mass is 281 g/mol. The molecule has 2 N–H and O–H groups in total. The van der Waals surface area contributed by atoms with Crippen molar-refractivity contribution in [3.63, 3.8) is 0 Å². The van der Waals surface area contributed by atoms with E-state index in [4.69, 9.17) is 0 Å². The quantitative estimate of drug-likeness (QED) is 0.758. The van der Waals surface area contributed by atoms with Crippen molar-refractivity contribution in [2.24, 2.45) is 0 Å². The largest absolute Gasteiger partial charge is 0.323 e. The van der Waals surface area contributed by atoms with E-state index in [0.29, 0.717) is 5.69 Å². The predicted octanol–water partition coefficient (Wildman–Crippen LogP) is 2.99. The van der Waals surface area contributed by atoms with Crippen LogP contribution in [-0.4, -0.2) is 20.6 Å². The Hall–Kier alpha value is -2.89. The van der Waals surface area contributed by atoms with E-state index in [0.717, 1.165) is 22.5 Å². The highest BCUT2D eigenvalue weighted by atomic mass is 16.2. The maximum atomic E-state index is 12.0. The van der Waals surface area contributed by atoms with E-state index in [2.05, 4.69) is 20.8 Å². The van der Waals surface area contributed by atoms with Crippen LogP contribution in [-0.2, 0) is 0 Å². The molecule has 106 valence electrons. The molecule has 0 aliphatic heterocycles. The molecule has 3 rings (SSSR count). The Morgan fingerprint density at radius 1 is 1.14 bits per heavy atom. The maximum Gasteiger partial charge on any atom is 0.323 e. The lowest BCUT2D eigenvalue weighted by molar-refractivity contribution is 0.262. The van der Waals surface area contributed by atoms with E-state index in [1.807, 2.05) is 32.0 Å². The normalized spacial score (nSPS) is 10.6. The number of benzene rings is 1. The summed E-state index contributed by atoms with van der Waals surface area (Å²) in [6.45, 7) is 3.98. The zero-order chi connectivity index (χ0) is 14.8. The fourth-order valence-corrected chi connectivity index (χ4v) is 2.14. The first-order valence-corrected chi connectivity index (χ1v) is 6.56. The average molecular weight is 281 g/mol. The Kier molecular flexibility index (Phi) is 3.27.